The molecule has 4 nitrogen and oxygen atoms in total. The van der Waals surface area contributed by atoms with Crippen molar-refractivity contribution in [2.24, 2.45) is 0 Å². The van der Waals surface area contributed by atoms with Crippen molar-refractivity contribution in [3.8, 4) is 0 Å². The Morgan fingerprint density at radius 3 is 2.46 bits per heavy atom. The molecule has 1 atom stereocenters. The predicted octanol–water partition coefficient (Wildman–Crippen LogP) is 4.37. The summed E-state index contributed by atoms with van der Waals surface area (Å²) < 4.78 is 0. The summed E-state index contributed by atoms with van der Waals surface area (Å²) in [5, 5.41) is 18.1. The van der Waals surface area contributed by atoms with Crippen LogP contribution in [0.4, 0.5) is 0 Å². The maximum Gasteiger partial charge on any atom is 0.303 e. The number of carboxylic acid groups (broad SMARTS) is 1. The second kappa shape index (κ2) is 15.9. The van der Waals surface area contributed by atoms with Gasteiger partial charge < -0.3 is 10.2 Å². The number of hydrogen-bond acceptors (Lipinski definition) is 3. The second-order valence-corrected chi connectivity index (χ2v) is 5.62. The lowest BCUT2D eigenvalue weighted by molar-refractivity contribution is -0.137. The van der Waals surface area contributed by atoms with Gasteiger partial charge in [0.05, 0.1) is 6.10 Å². The largest absolute Gasteiger partial charge is 0.481 e. The highest BCUT2D eigenvalue weighted by Gasteiger charge is 2.01. The number of aliphatic hydroxyl groups excluding tert-OH is 1. The number of hydrogen-bond donors (Lipinski definition) is 2. The monoisotopic (exact) mass is 334 g/mol. The number of carboxylic acids is 1. The molecule has 2 N–H and O–H groups in total. The van der Waals surface area contributed by atoms with E-state index < -0.39 is 12.1 Å². The van der Waals surface area contributed by atoms with E-state index in [2.05, 4.69) is 13.0 Å². The predicted molar refractivity (Wildman–Crippen MR) is 97.8 cm³/mol. The fourth-order valence-electron chi connectivity index (χ4n) is 1.94. The molecule has 0 aliphatic heterocycles. The molecule has 0 aliphatic carbocycles. The molecular weight excluding hydrogens is 304 g/mol. The zero-order chi connectivity index (χ0) is 18.0. The van der Waals surface area contributed by atoms with Crippen LogP contribution in [0.3, 0.4) is 0 Å². The first-order chi connectivity index (χ1) is 11.6. The van der Waals surface area contributed by atoms with Gasteiger partial charge in [-0.15, -0.1) is 0 Å². The third-order valence-corrected chi connectivity index (χ3v) is 3.30. The van der Waals surface area contributed by atoms with E-state index in [-0.39, 0.29) is 12.2 Å². The number of allylic oxidation sites excluding steroid dienone is 7. The number of carbonyl (C=O) groups excluding carboxylic acids is 1. The van der Waals surface area contributed by atoms with Gasteiger partial charge in [0.25, 0.3) is 0 Å². The quantitative estimate of drug-likeness (QED) is 0.214. The molecule has 24 heavy (non-hydrogen) atoms. The van der Waals surface area contributed by atoms with E-state index in [1.54, 1.807) is 30.4 Å². The summed E-state index contributed by atoms with van der Waals surface area (Å²) in [6, 6.07) is 0. The zero-order valence-corrected chi connectivity index (χ0v) is 14.6. The van der Waals surface area contributed by atoms with E-state index in [1.807, 2.05) is 6.08 Å². The smallest absolute Gasteiger partial charge is 0.303 e. The average molecular weight is 334 g/mol. The minimum Gasteiger partial charge on any atom is -0.481 e. The van der Waals surface area contributed by atoms with E-state index in [0.717, 1.165) is 6.42 Å². The molecule has 0 saturated carbocycles. The maximum absolute atomic E-state index is 11.6. The summed E-state index contributed by atoms with van der Waals surface area (Å²) in [4.78, 5) is 21.9. The standard InChI is InChI=1S/C20H30O4/c1-2-3-4-5-6-9-13-18(21)14-10-7-8-11-15-19(22)16-12-17-20(23)24/h6-11,14-15,19,22H,2-5,12-13,16-17H2,1H3,(H,23,24)/b8-7+,9-6+,14-10+,15-11+. The third-order valence-electron chi connectivity index (χ3n) is 3.30. The number of aliphatic carboxylic acids is 1. The highest BCUT2D eigenvalue weighted by atomic mass is 16.4. The lowest BCUT2D eigenvalue weighted by Crippen LogP contribution is -2.03. The van der Waals surface area contributed by atoms with Gasteiger partial charge >= 0.3 is 5.97 Å². The van der Waals surface area contributed by atoms with E-state index in [4.69, 9.17) is 5.11 Å². The van der Waals surface area contributed by atoms with Crippen LogP contribution in [0.25, 0.3) is 0 Å². The van der Waals surface area contributed by atoms with Crippen molar-refractivity contribution in [1.29, 1.82) is 0 Å². The van der Waals surface area contributed by atoms with Gasteiger partial charge in [-0.1, -0.05) is 62.3 Å². The van der Waals surface area contributed by atoms with Crippen LogP contribution < -0.4 is 0 Å². The first-order valence-electron chi connectivity index (χ1n) is 8.65. The van der Waals surface area contributed by atoms with Crippen molar-refractivity contribution in [3.05, 3.63) is 48.6 Å². The molecule has 0 bridgehead atoms. The van der Waals surface area contributed by atoms with Gasteiger partial charge in [-0.2, -0.15) is 0 Å². The Labute approximate surface area is 145 Å². The molecule has 0 aliphatic rings. The first kappa shape index (κ1) is 22.1. The van der Waals surface area contributed by atoms with Crippen LogP contribution in [0, 0.1) is 0 Å². The van der Waals surface area contributed by atoms with Crippen LogP contribution in [-0.2, 0) is 9.59 Å². The number of unbranched alkanes of at least 4 members (excludes halogenated alkanes) is 3. The van der Waals surface area contributed by atoms with Gasteiger partial charge in [0, 0.05) is 12.8 Å². The molecule has 0 amide bonds. The summed E-state index contributed by atoms with van der Waals surface area (Å²) in [6.45, 7) is 2.17. The second-order valence-electron chi connectivity index (χ2n) is 5.62. The van der Waals surface area contributed by atoms with E-state index in [1.165, 1.54) is 25.3 Å². The summed E-state index contributed by atoms with van der Waals surface area (Å²) in [5.41, 5.74) is 0. The lowest BCUT2D eigenvalue weighted by Gasteiger charge is -2.02. The van der Waals surface area contributed by atoms with Crippen LogP contribution in [0.15, 0.2) is 48.6 Å². The Hall–Kier alpha value is -1.94. The summed E-state index contributed by atoms with van der Waals surface area (Å²) in [6.07, 6.45) is 19.3. The van der Waals surface area contributed by atoms with Gasteiger partial charge in [0.15, 0.2) is 5.78 Å². The molecule has 0 fully saturated rings. The third kappa shape index (κ3) is 16.4. The highest BCUT2D eigenvalue weighted by molar-refractivity contribution is 5.90. The van der Waals surface area contributed by atoms with Gasteiger partial charge in [0.2, 0.25) is 0 Å². The number of aliphatic hydroxyl groups is 1. The normalized spacial score (nSPS) is 13.6. The molecule has 0 aromatic heterocycles. The fourth-order valence-corrected chi connectivity index (χ4v) is 1.94. The molecule has 0 heterocycles. The Bertz CT molecular complexity index is 458. The number of rotatable bonds is 14. The number of ketones is 1. The molecule has 0 spiro atoms. The molecule has 1 unspecified atom stereocenters. The Morgan fingerprint density at radius 1 is 1.00 bits per heavy atom. The van der Waals surface area contributed by atoms with Crippen LogP contribution >= 0.6 is 0 Å². The lowest BCUT2D eigenvalue weighted by atomic mass is 10.1. The molecule has 0 aromatic rings. The average Bonchev–Trinajstić information content (AvgIpc) is 2.53. The van der Waals surface area contributed by atoms with E-state index >= 15 is 0 Å². The zero-order valence-electron chi connectivity index (χ0n) is 14.6. The summed E-state index contributed by atoms with van der Waals surface area (Å²) >= 11 is 0. The summed E-state index contributed by atoms with van der Waals surface area (Å²) in [5.74, 6) is -0.791. The van der Waals surface area contributed by atoms with Crippen molar-refractivity contribution in [1.82, 2.24) is 0 Å². The molecule has 4 heteroatoms. The Morgan fingerprint density at radius 2 is 1.75 bits per heavy atom. The van der Waals surface area contributed by atoms with E-state index in [0.29, 0.717) is 19.3 Å². The topological polar surface area (TPSA) is 74.6 Å². The minimum atomic E-state index is -0.850. The van der Waals surface area contributed by atoms with Gasteiger partial charge in [0.1, 0.15) is 0 Å². The molecule has 0 radical (unpaired) electrons. The molecule has 134 valence electrons. The SMILES string of the molecule is CCCCC/C=C/CC(=O)/C=C/C=C/C=C/C(O)CCCC(=O)O. The Balaban J connectivity index is 3.83. The van der Waals surface area contributed by atoms with Crippen molar-refractivity contribution in [3.63, 3.8) is 0 Å². The summed E-state index contributed by atoms with van der Waals surface area (Å²) in [7, 11) is 0. The fraction of sp³-hybridized carbons (Fsp3) is 0.500. The van der Waals surface area contributed by atoms with Crippen molar-refractivity contribution in [2.75, 3.05) is 0 Å². The highest BCUT2D eigenvalue weighted by Crippen LogP contribution is 2.02. The maximum atomic E-state index is 11.6. The van der Waals surface area contributed by atoms with Crippen LogP contribution in [0.1, 0.15) is 58.3 Å². The molecule has 0 rings (SSSR count). The molecule has 0 aromatic carbocycles. The Kier molecular flexibility index (Phi) is 14.6. The van der Waals surface area contributed by atoms with Crippen molar-refractivity contribution < 1.29 is 19.8 Å². The molecular formula is C20H30O4. The first-order valence-corrected chi connectivity index (χ1v) is 8.65. The van der Waals surface area contributed by atoms with Crippen LogP contribution in [0.2, 0.25) is 0 Å². The van der Waals surface area contributed by atoms with E-state index in [9.17, 15) is 14.7 Å². The molecule has 0 saturated heterocycles. The van der Waals surface area contributed by atoms with Crippen molar-refractivity contribution >= 4 is 11.8 Å². The number of carbonyl (C=O) groups is 2. The van der Waals surface area contributed by atoms with Crippen molar-refractivity contribution in [2.45, 2.75) is 64.4 Å². The van der Waals surface area contributed by atoms with Crippen LogP contribution in [0.5, 0.6) is 0 Å². The van der Waals surface area contributed by atoms with Crippen LogP contribution in [-0.4, -0.2) is 28.1 Å². The van der Waals surface area contributed by atoms with Gasteiger partial charge in [-0.3, -0.25) is 9.59 Å². The van der Waals surface area contributed by atoms with Gasteiger partial charge in [-0.05, 0) is 31.8 Å². The van der Waals surface area contributed by atoms with Gasteiger partial charge in [-0.25, -0.2) is 0 Å². The minimum absolute atomic E-state index is 0.0593.